The van der Waals surface area contributed by atoms with Gasteiger partial charge in [0, 0.05) is 17.1 Å². The van der Waals surface area contributed by atoms with Gasteiger partial charge in [0.1, 0.15) is 19.8 Å². The molecule has 0 aromatic carbocycles. The highest BCUT2D eigenvalue weighted by Gasteiger charge is 2.48. The number of halogens is 1. The Bertz CT molecular complexity index is 240. The molecule has 0 aliphatic carbocycles. The number of ether oxygens (including phenoxy) is 1. The fourth-order valence-electron chi connectivity index (χ4n) is 1.46. The summed E-state index contributed by atoms with van der Waals surface area (Å²) in [5.41, 5.74) is -0.494. The molecule has 0 aromatic rings. The Labute approximate surface area is 94.4 Å². The molecule has 1 radical (unpaired) electrons. The van der Waals surface area contributed by atoms with Crippen LogP contribution in [0.3, 0.4) is 0 Å². The van der Waals surface area contributed by atoms with Crippen LogP contribution in [0.15, 0.2) is 0 Å². The summed E-state index contributed by atoms with van der Waals surface area (Å²) in [6.07, 6.45) is -1.76. The maximum atomic E-state index is 13.9. The molecule has 1 aliphatic heterocycles. The van der Waals surface area contributed by atoms with Crippen LogP contribution in [0.5, 0.6) is 0 Å². The second kappa shape index (κ2) is 5.15. The molecule has 4 atom stereocenters. The van der Waals surface area contributed by atoms with E-state index in [0.29, 0.717) is 0 Å². The third-order valence-corrected chi connectivity index (χ3v) is 3.69. The van der Waals surface area contributed by atoms with E-state index in [1.54, 1.807) is 0 Å². The van der Waals surface area contributed by atoms with Gasteiger partial charge < -0.3 is 8.92 Å². The zero-order valence-electron chi connectivity index (χ0n) is 10.6. The molecule has 0 bridgehead atoms. The zero-order valence-corrected chi connectivity index (χ0v) is 10.3. The molecule has 0 spiro atoms. The molecular formula is C8H16BFO2PS. The molecule has 2 nitrogen and oxygen atoms in total. The summed E-state index contributed by atoms with van der Waals surface area (Å²) in [4.78, 5) is 0. The lowest BCUT2D eigenvalue weighted by Gasteiger charge is -2.23. The molecule has 1 aliphatic rings. The quantitative estimate of drug-likeness (QED) is 0.417. The van der Waals surface area contributed by atoms with Gasteiger partial charge in [-0.3, -0.25) is 0 Å². The SMILES string of the molecule is [2H]P([B][3H])SOCC1OC(C)C(C)(C)C1F. The second-order valence-electron chi connectivity index (χ2n) is 4.00. The molecule has 0 saturated carbocycles. The molecule has 81 valence electrons. The topological polar surface area (TPSA) is 18.5 Å². The first kappa shape index (κ1) is 9.89. The lowest BCUT2D eigenvalue weighted by molar-refractivity contribution is 0.00773. The fourth-order valence-corrected chi connectivity index (χ4v) is 2.08. The first-order valence-corrected chi connectivity index (χ1v) is 6.79. The number of rotatable bonds is 5. The second-order valence-corrected chi connectivity index (χ2v) is 5.68. The van der Waals surface area contributed by atoms with Crippen molar-refractivity contribution >= 4 is 26.8 Å². The predicted molar refractivity (Wildman–Crippen MR) is 62.0 cm³/mol. The minimum Gasteiger partial charge on any atom is -0.369 e. The third-order valence-electron chi connectivity index (χ3n) is 2.79. The van der Waals surface area contributed by atoms with Crippen LogP contribution in [0.1, 0.15) is 20.8 Å². The van der Waals surface area contributed by atoms with Gasteiger partial charge in [-0.1, -0.05) is 21.5 Å². The van der Waals surface area contributed by atoms with E-state index in [-0.39, 0.29) is 12.7 Å². The van der Waals surface area contributed by atoms with Crippen LogP contribution in [-0.4, -0.2) is 35.1 Å². The highest BCUT2D eigenvalue weighted by Crippen LogP contribution is 2.40. The maximum Gasteiger partial charge on any atom is 0.137 e. The first-order chi connectivity index (χ1) is 7.39. The molecule has 4 unspecified atom stereocenters. The average molecular weight is 240 g/mol. The van der Waals surface area contributed by atoms with Gasteiger partial charge in [0.15, 0.2) is 0 Å². The summed E-state index contributed by atoms with van der Waals surface area (Å²) in [6, 6.07) is 0. The Morgan fingerprint density at radius 1 is 1.93 bits per heavy atom. The van der Waals surface area contributed by atoms with Crippen molar-refractivity contribution in [3.05, 3.63) is 0 Å². The van der Waals surface area contributed by atoms with Crippen LogP contribution in [0.4, 0.5) is 4.39 Å². The predicted octanol–water partition coefficient (Wildman–Crippen LogP) is 2.21. The highest BCUT2D eigenvalue weighted by molar-refractivity contribution is 8.53. The third kappa shape index (κ3) is 2.63. The van der Waals surface area contributed by atoms with E-state index in [4.69, 9.17) is 11.5 Å². The molecule has 1 saturated heterocycles. The van der Waals surface area contributed by atoms with E-state index < -0.39 is 25.3 Å². The van der Waals surface area contributed by atoms with Crippen LogP contribution in [0.2, 0.25) is 0 Å². The van der Waals surface area contributed by atoms with E-state index in [1.165, 1.54) is 0 Å². The summed E-state index contributed by atoms with van der Waals surface area (Å²) in [7, 11) is -0.317. The van der Waals surface area contributed by atoms with Crippen molar-refractivity contribution in [1.82, 2.24) is 0 Å². The van der Waals surface area contributed by atoms with Crippen molar-refractivity contribution in [3.63, 3.8) is 0 Å². The van der Waals surface area contributed by atoms with Gasteiger partial charge in [-0.2, -0.15) is 0 Å². The van der Waals surface area contributed by atoms with Gasteiger partial charge >= 0.3 is 0 Å². The van der Waals surface area contributed by atoms with Crippen molar-refractivity contribution in [2.24, 2.45) is 5.41 Å². The molecule has 0 amide bonds. The lowest BCUT2D eigenvalue weighted by Crippen LogP contribution is -2.32. The molecule has 1 fully saturated rings. The van der Waals surface area contributed by atoms with Gasteiger partial charge in [-0.15, -0.1) is 0 Å². The molecule has 0 N–H and O–H groups in total. The Kier molecular flexibility index (Phi) is 3.64. The van der Waals surface area contributed by atoms with E-state index in [0.717, 1.165) is 19.2 Å². The standard InChI is InChI=1S/C8H16BFO2PS/c1-5-8(2,3)7(10)6(12-5)4-11-14-13-9/h5-7,9,13H,4H2,1-3H3/i9T,13D. The van der Waals surface area contributed by atoms with E-state index in [1.807, 2.05) is 20.8 Å². The monoisotopic (exact) mass is 240 g/mol. The average Bonchev–Trinajstić information content (AvgIpc) is 2.42. The van der Waals surface area contributed by atoms with E-state index in [9.17, 15) is 4.39 Å². The van der Waals surface area contributed by atoms with Crippen LogP contribution >= 0.6 is 19.3 Å². The van der Waals surface area contributed by atoms with Crippen molar-refractivity contribution in [1.29, 1.82) is 2.61 Å². The maximum absolute atomic E-state index is 13.9. The van der Waals surface area contributed by atoms with Crippen LogP contribution in [0, 0.1) is 5.41 Å². The minimum atomic E-state index is -1.34. The summed E-state index contributed by atoms with van der Waals surface area (Å²) >= 11 is 0.908. The van der Waals surface area contributed by atoms with Crippen molar-refractivity contribution in [3.8, 4) is 0 Å². The number of hydrogen-bond donors (Lipinski definition) is 0. The largest absolute Gasteiger partial charge is 0.369 e. The van der Waals surface area contributed by atoms with Crippen molar-refractivity contribution in [2.75, 3.05) is 6.61 Å². The summed E-state index contributed by atoms with van der Waals surface area (Å²) in [6.45, 7) is 5.66. The van der Waals surface area contributed by atoms with Gasteiger partial charge in [0.05, 0.1) is 14.0 Å². The number of alkyl halides is 1. The molecular weight excluding hydrogens is 221 g/mol. The lowest BCUT2D eigenvalue weighted by atomic mass is 9.83. The Balaban J connectivity index is 2.34. The molecule has 6 heteroatoms. The number of hydrogen-bond acceptors (Lipinski definition) is 3. The normalized spacial score (nSPS) is 40.1. The highest BCUT2D eigenvalue weighted by atomic mass is 32.7. The molecule has 1 heterocycles. The van der Waals surface area contributed by atoms with Crippen molar-refractivity contribution < 1.29 is 13.3 Å². The summed E-state index contributed by atoms with van der Waals surface area (Å²) in [5.74, 6) is 0. The van der Waals surface area contributed by atoms with Crippen LogP contribution in [0.25, 0.3) is 0 Å². The van der Waals surface area contributed by atoms with Crippen molar-refractivity contribution in [2.45, 2.75) is 39.2 Å². The summed E-state index contributed by atoms with van der Waals surface area (Å²) in [5, 5.41) is 0. The molecule has 1 rings (SSSR count). The van der Waals surface area contributed by atoms with E-state index >= 15 is 0 Å². The molecule has 0 aromatic heterocycles. The van der Waals surface area contributed by atoms with Gasteiger partial charge in [-0.05, 0) is 8.26 Å². The zero-order chi connectivity index (χ0) is 12.3. The van der Waals surface area contributed by atoms with Crippen LogP contribution in [-0.2, 0) is 8.92 Å². The van der Waals surface area contributed by atoms with Gasteiger partial charge in [-0.25, -0.2) is 4.39 Å². The smallest absolute Gasteiger partial charge is 0.137 e. The van der Waals surface area contributed by atoms with Gasteiger partial charge in [0.2, 0.25) is 0 Å². The Hall–Kier alpha value is 0.695. The summed E-state index contributed by atoms with van der Waals surface area (Å²) < 4.78 is 38.7. The fraction of sp³-hybridized carbons (Fsp3) is 1.00. The first-order valence-electron chi connectivity index (χ1n) is 5.51. The Morgan fingerprint density at radius 2 is 2.64 bits per heavy atom. The molecule has 14 heavy (non-hydrogen) atoms. The Morgan fingerprint density at radius 3 is 3.14 bits per heavy atom. The van der Waals surface area contributed by atoms with E-state index in [2.05, 4.69) is 0 Å². The minimum absolute atomic E-state index is 0.130. The van der Waals surface area contributed by atoms with Crippen LogP contribution < -0.4 is 0 Å². The van der Waals surface area contributed by atoms with Gasteiger partial charge in [0.25, 0.3) is 0 Å².